The Labute approximate surface area is 121 Å². The lowest BCUT2D eigenvalue weighted by Gasteiger charge is -1.99. The molecular weight excluding hydrogens is 308 g/mol. The first kappa shape index (κ1) is 13.2. The van der Waals surface area contributed by atoms with Gasteiger partial charge in [0.15, 0.2) is 0 Å². The zero-order valence-corrected chi connectivity index (χ0v) is 12.3. The zero-order valence-electron chi connectivity index (χ0n) is 10.0. The molecule has 0 aliphatic carbocycles. The molecule has 0 unspecified atom stereocenters. The van der Waals surface area contributed by atoms with Crippen LogP contribution in [0.4, 0.5) is 0 Å². The van der Waals surface area contributed by atoms with E-state index in [2.05, 4.69) is 46.8 Å². The standard InChI is InChI=1S/C16H12BrCl/c1-12-2-4-13(5-3-12)6-8-15-9-7-14(11-18)10-16(15)17/h2-5,7,9-10H,11H2,1H3. The molecular formula is C16H12BrCl. The van der Waals surface area contributed by atoms with Crippen molar-refractivity contribution in [2.75, 3.05) is 0 Å². The van der Waals surface area contributed by atoms with Crippen molar-refractivity contribution in [2.24, 2.45) is 0 Å². The minimum absolute atomic E-state index is 0.518. The maximum Gasteiger partial charge on any atom is 0.0474 e. The van der Waals surface area contributed by atoms with Crippen LogP contribution in [-0.4, -0.2) is 0 Å². The van der Waals surface area contributed by atoms with Gasteiger partial charge in [0.1, 0.15) is 0 Å². The summed E-state index contributed by atoms with van der Waals surface area (Å²) in [5.74, 6) is 6.83. The molecule has 0 saturated heterocycles. The smallest absolute Gasteiger partial charge is 0.0474 e. The molecule has 0 aliphatic heterocycles. The minimum atomic E-state index is 0.518. The Bertz CT molecular complexity index is 603. The Balaban J connectivity index is 2.27. The zero-order chi connectivity index (χ0) is 13.0. The topological polar surface area (TPSA) is 0 Å². The minimum Gasteiger partial charge on any atom is -0.122 e. The predicted octanol–water partition coefficient (Wildman–Crippen LogP) is 4.90. The number of benzene rings is 2. The fourth-order valence-electron chi connectivity index (χ4n) is 1.52. The Kier molecular flexibility index (Phi) is 4.47. The molecule has 0 aliphatic rings. The monoisotopic (exact) mass is 318 g/mol. The van der Waals surface area contributed by atoms with Gasteiger partial charge < -0.3 is 0 Å². The summed E-state index contributed by atoms with van der Waals surface area (Å²) in [7, 11) is 0. The first-order valence-electron chi connectivity index (χ1n) is 5.62. The van der Waals surface area contributed by atoms with E-state index in [1.54, 1.807) is 0 Å². The fraction of sp³-hybridized carbons (Fsp3) is 0.125. The van der Waals surface area contributed by atoms with Crippen molar-refractivity contribution in [1.82, 2.24) is 0 Å². The number of halogens is 2. The third kappa shape index (κ3) is 3.38. The Morgan fingerprint density at radius 1 is 1.06 bits per heavy atom. The number of hydrogen-bond acceptors (Lipinski definition) is 0. The molecule has 0 spiro atoms. The summed E-state index contributed by atoms with van der Waals surface area (Å²) in [5, 5.41) is 0. The maximum atomic E-state index is 5.78. The van der Waals surface area contributed by atoms with Crippen molar-refractivity contribution in [3.63, 3.8) is 0 Å². The van der Waals surface area contributed by atoms with Gasteiger partial charge in [0.25, 0.3) is 0 Å². The van der Waals surface area contributed by atoms with Crippen LogP contribution in [0.2, 0.25) is 0 Å². The highest BCUT2D eigenvalue weighted by Gasteiger charge is 1.98. The van der Waals surface area contributed by atoms with Crippen LogP contribution in [-0.2, 0) is 5.88 Å². The van der Waals surface area contributed by atoms with Crippen LogP contribution in [0.25, 0.3) is 0 Å². The average Bonchev–Trinajstić information content (AvgIpc) is 2.39. The predicted molar refractivity (Wildman–Crippen MR) is 80.9 cm³/mol. The van der Waals surface area contributed by atoms with E-state index < -0.39 is 0 Å². The van der Waals surface area contributed by atoms with Gasteiger partial charge >= 0.3 is 0 Å². The van der Waals surface area contributed by atoms with E-state index >= 15 is 0 Å². The normalized spacial score (nSPS) is 9.72. The highest BCUT2D eigenvalue weighted by atomic mass is 79.9. The van der Waals surface area contributed by atoms with Crippen molar-refractivity contribution in [2.45, 2.75) is 12.8 Å². The highest BCUT2D eigenvalue weighted by Crippen LogP contribution is 2.19. The largest absolute Gasteiger partial charge is 0.122 e. The number of rotatable bonds is 1. The fourth-order valence-corrected chi connectivity index (χ4v) is 2.21. The molecule has 2 rings (SSSR count). The molecule has 90 valence electrons. The summed E-state index contributed by atoms with van der Waals surface area (Å²) in [6.45, 7) is 2.07. The summed E-state index contributed by atoms with van der Waals surface area (Å²) in [5.41, 5.74) is 4.33. The number of hydrogen-bond donors (Lipinski definition) is 0. The molecule has 0 atom stereocenters. The van der Waals surface area contributed by atoms with Gasteiger partial charge in [-0.25, -0.2) is 0 Å². The summed E-state index contributed by atoms with van der Waals surface area (Å²) in [4.78, 5) is 0. The van der Waals surface area contributed by atoms with Crippen molar-refractivity contribution in [3.05, 3.63) is 69.2 Å². The molecule has 0 fully saturated rings. The first-order valence-corrected chi connectivity index (χ1v) is 6.95. The number of aryl methyl sites for hydroxylation is 1. The van der Waals surface area contributed by atoms with Crippen molar-refractivity contribution >= 4 is 27.5 Å². The van der Waals surface area contributed by atoms with E-state index in [4.69, 9.17) is 11.6 Å². The molecule has 0 nitrogen and oxygen atoms in total. The molecule has 0 radical (unpaired) electrons. The SMILES string of the molecule is Cc1ccc(C#Cc2ccc(CCl)cc2Br)cc1. The van der Waals surface area contributed by atoms with Gasteiger partial charge in [0, 0.05) is 21.5 Å². The van der Waals surface area contributed by atoms with E-state index in [0.717, 1.165) is 21.2 Å². The molecule has 0 aromatic heterocycles. The number of alkyl halides is 1. The highest BCUT2D eigenvalue weighted by molar-refractivity contribution is 9.10. The summed E-state index contributed by atoms with van der Waals surface area (Å²) < 4.78 is 0.986. The van der Waals surface area contributed by atoms with Crippen LogP contribution in [0.1, 0.15) is 22.3 Å². The Morgan fingerprint density at radius 2 is 1.78 bits per heavy atom. The second kappa shape index (κ2) is 6.09. The van der Waals surface area contributed by atoms with Crippen molar-refractivity contribution in [3.8, 4) is 11.8 Å². The molecule has 0 saturated carbocycles. The second-order valence-corrected chi connectivity index (χ2v) is 5.19. The molecule has 2 aromatic carbocycles. The maximum absolute atomic E-state index is 5.78. The lowest BCUT2D eigenvalue weighted by molar-refractivity contribution is 1.38. The van der Waals surface area contributed by atoms with Crippen LogP contribution in [0.3, 0.4) is 0 Å². The van der Waals surface area contributed by atoms with E-state index in [-0.39, 0.29) is 0 Å². The molecule has 0 bridgehead atoms. The van der Waals surface area contributed by atoms with Crippen LogP contribution in [0.15, 0.2) is 46.9 Å². The average molecular weight is 320 g/mol. The van der Waals surface area contributed by atoms with E-state index in [9.17, 15) is 0 Å². The van der Waals surface area contributed by atoms with Crippen molar-refractivity contribution < 1.29 is 0 Å². The van der Waals surface area contributed by atoms with Gasteiger partial charge in [-0.1, -0.05) is 35.6 Å². The summed E-state index contributed by atoms with van der Waals surface area (Å²) in [6, 6.07) is 14.2. The van der Waals surface area contributed by atoms with E-state index in [1.807, 2.05) is 30.3 Å². The molecule has 2 heteroatoms. The quantitative estimate of drug-likeness (QED) is 0.518. The Hall–Kier alpha value is -1.23. The second-order valence-electron chi connectivity index (χ2n) is 4.06. The molecule has 18 heavy (non-hydrogen) atoms. The first-order chi connectivity index (χ1) is 8.69. The van der Waals surface area contributed by atoms with Crippen LogP contribution in [0, 0.1) is 18.8 Å². The van der Waals surface area contributed by atoms with Crippen molar-refractivity contribution in [1.29, 1.82) is 0 Å². The molecule has 0 N–H and O–H groups in total. The van der Waals surface area contributed by atoms with Gasteiger partial charge in [-0.3, -0.25) is 0 Å². The third-order valence-corrected chi connectivity index (χ3v) is 3.55. The summed E-state index contributed by atoms with van der Waals surface area (Å²) in [6.07, 6.45) is 0. The van der Waals surface area contributed by atoms with Crippen LogP contribution in [0.5, 0.6) is 0 Å². The van der Waals surface area contributed by atoms with Crippen LogP contribution >= 0.6 is 27.5 Å². The lowest BCUT2D eigenvalue weighted by Crippen LogP contribution is -1.83. The lowest BCUT2D eigenvalue weighted by atomic mass is 10.1. The van der Waals surface area contributed by atoms with Gasteiger partial charge in [0.05, 0.1) is 0 Å². The van der Waals surface area contributed by atoms with Crippen LogP contribution < -0.4 is 0 Å². The Morgan fingerprint density at radius 3 is 2.39 bits per heavy atom. The van der Waals surface area contributed by atoms with Gasteiger partial charge in [-0.15, -0.1) is 11.6 Å². The summed E-state index contributed by atoms with van der Waals surface area (Å²) >= 11 is 9.29. The molecule has 0 amide bonds. The van der Waals surface area contributed by atoms with E-state index in [0.29, 0.717) is 5.88 Å². The van der Waals surface area contributed by atoms with Gasteiger partial charge in [-0.05, 0) is 52.7 Å². The molecule has 2 aromatic rings. The van der Waals surface area contributed by atoms with Gasteiger partial charge in [-0.2, -0.15) is 0 Å². The van der Waals surface area contributed by atoms with Gasteiger partial charge in [0.2, 0.25) is 0 Å². The van der Waals surface area contributed by atoms with E-state index in [1.165, 1.54) is 5.56 Å². The molecule has 0 heterocycles. The third-order valence-electron chi connectivity index (χ3n) is 2.58.